The number of amides is 1. The zero-order valence-corrected chi connectivity index (χ0v) is 12.3. The van der Waals surface area contributed by atoms with E-state index < -0.39 is 5.97 Å². The summed E-state index contributed by atoms with van der Waals surface area (Å²) in [6.45, 7) is 6.44. The van der Waals surface area contributed by atoms with E-state index in [1.807, 2.05) is 13.8 Å². The van der Waals surface area contributed by atoms with E-state index in [0.29, 0.717) is 25.3 Å². The summed E-state index contributed by atoms with van der Waals surface area (Å²) >= 11 is 0. The number of carbonyl (C=O) groups is 2. The number of methoxy groups -OCH3 is 1. The molecule has 0 fully saturated rings. The van der Waals surface area contributed by atoms with Crippen molar-refractivity contribution in [3.8, 4) is 0 Å². The number of hydrogen-bond donors (Lipinski definition) is 1. The van der Waals surface area contributed by atoms with Crippen molar-refractivity contribution in [2.24, 2.45) is 0 Å². The molecule has 1 aromatic heterocycles. The highest BCUT2D eigenvalue weighted by Gasteiger charge is 2.11. The lowest BCUT2D eigenvalue weighted by Crippen LogP contribution is -2.32. The molecule has 1 heterocycles. The maximum atomic E-state index is 11.8. The number of esters is 1. The fourth-order valence-electron chi connectivity index (χ4n) is 1.82. The van der Waals surface area contributed by atoms with Crippen LogP contribution in [-0.4, -0.2) is 43.5 Å². The molecule has 0 saturated heterocycles. The molecule has 0 bridgehead atoms. The predicted octanol–water partition coefficient (Wildman–Crippen LogP) is 1.41. The Bertz CT molecular complexity index is 438. The van der Waals surface area contributed by atoms with Gasteiger partial charge in [-0.15, -0.1) is 0 Å². The van der Waals surface area contributed by atoms with Gasteiger partial charge >= 0.3 is 5.97 Å². The van der Waals surface area contributed by atoms with Crippen LogP contribution in [0.4, 0.5) is 0 Å². The first-order valence-corrected chi connectivity index (χ1v) is 6.77. The molecular weight excluding hydrogens is 260 g/mol. The van der Waals surface area contributed by atoms with E-state index in [9.17, 15) is 9.59 Å². The summed E-state index contributed by atoms with van der Waals surface area (Å²) in [6.07, 6.45) is 0.451. The van der Waals surface area contributed by atoms with Crippen LogP contribution in [0.15, 0.2) is 16.5 Å². The number of nitrogens with one attached hydrogen (secondary N) is 1. The molecule has 1 N–H and O–H groups in total. The van der Waals surface area contributed by atoms with E-state index in [0.717, 1.165) is 13.1 Å². The second-order valence-electron chi connectivity index (χ2n) is 4.25. The van der Waals surface area contributed by atoms with Gasteiger partial charge in [0.2, 0.25) is 11.7 Å². The second kappa shape index (κ2) is 8.37. The molecule has 112 valence electrons. The van der Waals surface area contributed by atoms with Crippen molar-refractivity contribution in [2.45, 2.75) is 26.8 Å². The first kappa shape index (κ1) is 16.2. The number of furan rings is 1. The topological polar surface area (TPSA) is 71.8 Å². The quantitative estimate of drug-likeness (QED) is 0.576. The van der Waals surface area contributed by atoms with Gasteiger partial charge in [-0.1, -0.05) is 0 Å². The van der Waals surface area contributed by atoms with Crippen LogP contribution in [0.3, 0.4) is 0 Å². The number of rotatable bonds is 8. The molecule has 0 aliphatic heterocycles. The smallest absolute Gasteiger partial charge is 0.373 e. The number of ether oxygens (including phenoxy) is 1. The zero-order valence-electron chi connectivity index (χ0n) is 12.3. The summed E-state index contributed by atoms with van der Waals surface area (Å²) in [6, 6.07) is 3.29. The van der Waals surface area contributed by atoms with Gasteiger partial charge in [-0.05, 0) is 26.0 Å². The third-order valence-corrected chi connectivity index (χ3v) is 2.98. The molecule has 0 atom stereocenters. The molecule has 0 saturated carbocycles. The Morgan fingerprint density at radius 2 is 2.00 bits per heavy atom. The minimum Gasteiger partial charge on any atom is -0.463 e. The average Bonchev–Trinajstić information content (AvgIpc) is 2.93. The SMILES string of the molecule is CCN(CC)C(=O)CCNCc1ccc(C(=O)OC)o1. The number of hydrogen-bond acceptors (Lipinski definition) is 5. The number of carbonyl (C=O) groups excluding carboxylic acids is 2. The lowest BCUT2D eigenvalue weighted by Gasteiger charge is -2.18. The third-order valence-electron chi connectivity index (χ3n) is 2.98. The summed E-state index contributed by atoms with van der Waals surface area (Å²) in [4.78, 5) is 24.7. The molecule has 0 spiro atoms. The van der Waals surface area contributed by atoms with Gasteiger partial charge in [0.05, 0.1) is 13.7 Å². The van der Waals surface area contributed by atoms with Gasteiger partial charge in [-0.25, -0.2) is 4.79 Å². The van der Waals surface area contributed by atoms with E-state index in [2.05, 4.69) is 10.1 Å². The van der Waals surface area contributed by atoms with Crippen LogP contribution in [0.1, 0.15) is 36.6 Å². The Morgan fingerprint density at radius 3 is 2.60 bits per heavy atom. The zero-order chi connectivity index (χ0) is 15.0. The molecule has 1 amide bonds. The van der Waals surface area contributed by atoms with Gasteiger partial charge in [0.1, 0.15) is 5.76 Å². The van der Waals surface area contributed by atoms with Crippen molar-refractivity contribution < 1.29 is 18.7 Å². The lowest BCUT2D eigenvalue weighted by molar-refractivity contribution is -0.130. The summed E-state index contributed by atoms with van der Waals surface area (Å²) in [5.41, 5.74) is 0. The Hall–Kier alpha value is -1.82. The Morgan fingerprint density at radius 1 is 1.30 bits per heavy atom. The molecule has 0 radical (unpaired) electrons. The Kier molecular flexibility index (Phi) is 6.79. The molecule has 0 aliphatic carbocycles. The fourth-order valence-corrected chi connectivity index (χ4v) is 1.82. The second-order valence-corrected chi connectivity index (χ2v) is 4.25. The molecule has 0 aromatic carbocycles. The van der Waals surface area contributed by atoms with Crippen LogP contribution in [0.5, 0.6) is 0 Å². The Labute approximate surface area is 119 Å². The van der Waals surface area contributed by atoms with Crippen LogP contribution in [0, 0.1) is 0 Å². The molecule has 20 heavy (non-hydrogen) atoms. The van der Waals surface area contributed by atoms with Crippen LogP contribution < -0.4 is 5.32 Å². The minimum absolute atomic E-state index is 0.136. The van der Waals surface area contributed by atoms with E-state index in [4.69, 9.17) is 4.42 Å². The molecule has 6 heteroatoms. The van der Waals surface area contributed by atoms with E-state index >= 15 is 0 Å². The molecule has 0 aliphatic rings. The van der Waals surface area contributed by atoms with Gasteiger partial charge in [-0.3, -0.25) is 4.79 Å². The van der Waals surface area contributed by atoms with Crippen molar-refractivity contribution >= 4 is 11.9 Å². The largest absolute Gasteiger partial charge is 0.463 e. The average molecular weight is 282 g/mol. The summed E-state index contributed by atoms with van der Waals surface area (Å²) in [5, 5.41) is 3.11. The summed E-state index contributed by atoms with van der Waals surface area (Å²) in [5.74, 6) is 0.467. The Balaban J connectivity index is 2.29. The van der Waals surface area contributed by atoms with Gasteiger partial charge in [-0.2, -0.15) is 0 Å². The van der Waals surface area contributed by atoms with E-state index in [-0.39, 0.29) is 11.7 Å². The van der Waals surface area contributed by atoms with Crippen LogP contribution in [0.25, 0.3) is 0 Å². The van der Waals surface area contributed by atoms with Crippen molar-refractivity contribution in [1.29, 1.82) is 0 Å². The maximum Gasteiger partial charge on any atom is 0.373 e. The fraction of sp³-hybridized carbons (Fsp3) is 0.571. The molecule has 6 nitrogen and oxygen atoms in total. The van der Waals surface area contributed by atoms with Crippen LogP contribution in [0.2, 0.25) is 0 Å². The van der Waals surface area contributed by atoms with E-state index in [1.54, 1.807) is 17.0 Å². The lowest BCUT2D eigenvalue weighted by atomic mass is 10.3. The first-order valence-electron chi connectivity index (χ1n) is 6.77. The van der Waals surface area contributed by atoms with Crippen LogP contribution in [-0.2, 0) is 16.1 Å². The monoisotopic (exact) mass is 282 g/mol. The van der Waals surface area contributed by atoms with Gasteiger partial charge in [0, 0.05) is 26.1 Å². The highest BCUT2D eigenvalue weighted by molar-refractivity contribution is 5.86. The summed E-state index contributed by atoms with van der Waals surface area (Å²) in [7, 11) is 1.31. The highest BCUT2D eigenvalue weighted by atomic mass is 16.5. The third kappa shape index (κ3) is 4.70. The van der Waals surface area contributed by atoms with Crippen LogP contribution >= 0.6 is 0 Å². The van der Waals surface area contributed by atoms with Gasteiger partial charge < -0.3 is 19.4 Å². The van der Waals surface area contributed by atoms with Crippen molar-refractivity contribution in [3.05, 3.63) is 23.7 Å². The minimum atomic E-state index is -0.493. The normalized spacial score (nSPS) is 10.3. The first-order chi connectivity index (χ1) is 9.62. The highest BCUT2D eigenvalue weighted by Crippen LogP contribution is 2.08. The molecule has 1 aromatic rings. The van der Waals surface area contributed by atoms with Crippen molar-refractivity contribution in [3.63, 3.8) is 0 Å². The number of nitrogens with zero attached hydrogens (tertiary/aromatic N) is 1. The van der Waals surface area contributed by atoms with Crippen molar-refractivity contribution in [2.75, 3.05) is 26.7 Å². The standard InChI is InChI=1S/C14H22N2O4/c1-4-16(5-2)13(17)8-9-15-10-11-6-7-12(20-11)14(18)19-3/h6-7,15H,4-5,8-10H2,1-3H3. The molecule has 0 unspecified atom stereocenters. The van der Waals surface area contributed by atoms with Gasteiger partial charge in [0.15, 0.2) is 0 Å². The van der Waals surface area contributed by atoms with Gasteiger partial charge in [0.25, 0.3) is 0 Å². The maximum absolute atomic E-state index is 11.8. The summed E-state index contributed by atoms with van der Waals surface area (Å²) < 4.78 is 9.86. The molecule has 1 rings (SSSR count). The van der Waals surface area contributed by atoms with E-state index in [1.165, 1.54) is 7.11 Å². The van der Waals surface area contributed by atoms with Crippen molar-refractivity contribution in [1.82, 2.24) is 10.2 Å². The molecular formula is C14H22N2O4. The predicted molar refractivity (Wildman–Crippen MR) is 74.3 cm³/mol.